The van der Waals surface area contributed by atoms with Crippen molar-refractivity contribution in [2.75, 3.05) is 5.32 Å². The van der Waals surface area contributed by atoms with E-state index in [1.165, 1.54) is 30.3 Å². The van der Waals surface area contributed by atoms with Crippen molar-refractivity contribution in [1.82, 2.24) is 0 Å². The van der Waals surface area contributed by atoms with Crippen molar-refractivity contribution in [3.05, 3.63) is 57.6 Å². The Bertz CT molecular complexity index is 711. The highest BCUT2D eigenvalue weighted by atomic mass is 35.5. The third-order valence-electron chi connectivity index (χ3n) is 2.61. The summed E-state index contributed by atoms with van der Waals surface area (Å²) in [5.41, 5.74) is 0.242. The fourth-order valence-corrected chi connectivity index (χ4v) is 2.20. The number of hydrogen-bond acceptors (Lipinski definition) is 3. The number of carbonyl (C=O) groups excluding carboxylic acids is 1. The van der Waals surface area contributed by atoms with Gasteiger partial charge in [0.05, 0.1) is 0 Å². The van der Waals surface area contributed by atoms with Crippen LogP contribution in [0.15, 0.2) is 36.4 Å². The lowest BCUT2D eigenvalue weighted by Gasteiger charge is -2.08. The summed E-state index contributed by atoms with van der Waals surface area (Å²) in [6, 6.07) is 8.08. The predicted molar refractivity (Wildman–Crippen MR) is 79.5 cm³/mol. The van der Waals surface area contributed by atoms with Gasteiger partial charge in [-0.05, 0) is 30.3 Å². The first-order chi connectivity index (χ1) is 9.86. The molecule has 0 aliphatic carbocycles. The molecule has 0 aliphatic rings. The molecule has 0 spiro atoms. The number of aromatic carboxylic acids is 1. The quantitative estimate of drug-likeness (QED) is 0.803. The van der Waals surface area contributed by atoms with Gasteiger partial charge in [-0.3, -0.25) is 4.79 Å². The number of carboxylic acid groups (broad SMARTS) is 1. The molecule has 0 saturated carbocycles. The van der Waals surface area contributed by atoms with Gasteiger partial charge in [0.15, 0.2) is 0 Å². The molecule has 21 heavy (non-hydrogen) atoms. The first-order valence-electron chi connectivity index (χ1n) is 5.70. The van der Waals surface area contributed by atoms with E-state index in [-0.39, 0.29) is 16.8 Å². The van der Waals surface area contributed by atoms with Gasteiger partial charge in [0.1, 0.15) is 11.3 Å². The summed E-state index contributed by atoms with van der Waals surface area (Å²) >= 11 is 11.6. The van der Waals surface area contributed by atoms with E-state index >= 15 is 0 Å². The molecular formula is C14H9Cl2NO4. The molecule has 0 heterocycles. The van der Waals surface area contributed by atoms with E-state index in [0.717, 1.165) is 6.07 Å². The second kappa shape index (κ2) is 6.03. The van der Waals surface area contributed by atoms with E-state index in [2.05, 4.69) is 5.32 Å². The molecule has 1 amide bonds. The highest BCUT2D eigenvalue weighted by molar-refractivity contribution is 6.35. The average molecular weight is 326 g/mol. The minimum atomic E-state index is -1.26. The molecule has 0 aliphatic heterocycles. The molecule has 5 nitrogen and oxygen atoms in total. The number of benzene rings is 2. The van der Waals surface area contributed by atoms with Crippen LogP contribution >= 0.6 is 23.2 Å². The number of halogens is 2. The Hall–Kier alpha value is -2.24. The number of nitrogens with one attached hydrogen (secondary N) is 1. The van der Waals surface area contributed by atoms with Gasteiger partial charge in [0.2, 0.25) is 0 Å². The third-order valence-corrected chi connectivity index (χ3v) is 3.05. The van der Waals surface area contributed by atoms with Crippen molar-refractivity contribution in [2.24, 2.45) is 0 Å². The molecule has 0 atom stereocenters. The number of rotatable bonds is 3. The molecule has 2 aromatic carbocycles. The zero-order valence-electron chi connectivity index (χ0n) is 10.4. The second-order valence-corrected chi connectivity index (χ2v) is 5.02. The van der Waals surface area contributed by atoms with E-state index in [4.69, 9.17) is 28.3 Å². The van der Waals surface area contributed by atoms with Crippen LogP contribution in [0.25, 0.3) is 0 Å². The summed E-state index contributed by atoms with van der Waals surface area (Å²) < 4.78 is 0. The standard InChI is InChI=1S/C14H9Cl2NO4/c15-8-3-7(4-9(16)5-8)13(19)17-10-1-2-11(14(20)21)12(18)6-10/h1-6,18H,(H,17,19)(H,20,21). The van der Waals surface area contributed by atoms with E-state index in [9.17, 15) is 14.7 Å². The van der Waals surface area contributed by atoms with Crippen LogP contribution in [0.2, 0.25) is 10.0 Å². The van der Waals surface area contributed by atoms with Crippen LogP contribution in [-0.4, -0.2) is 22.1 Å². The summed E-state index contributed by atoms with van der Waals surface area (Å²) in [6.07, 6.45) is 0. The Labute approximate surface area is 129 Å². The first kappa shape index (κ1) is 15.2. The molecule has 0 fully saturated rings. The molecule has 0 saturated heterocycles. The maximum Gasteiger partial charge on any atom is 0.339 e. The fourth-order valence-electron chi connectivity index (χ4n) is 1.68. The van der Waals surface area contributed by atoms with Gasteiger partial charge in [-0.1, -0.05) is 23.2 Å². The van der Waals surface area contributed by atoms with Crippen LogP contribution in [0.4, 0.5) is 5.69 Å². The minimum absolute atomic E-state index is 0.245. The highest BCUT2D eigenvalue weighted by Gasteiger charge is 2.12. The Kier molecular flexibility index (Phi) is 4.35. The van der Waals surface area contributed by atoms with Gasteiger partial charge in [-0.25, -0.2) is 4.79 Å². The van der Waals surface area contributed by atoms with Gasteiger partial charge < -0.3 is 15.5 Å². The van der Waals surface area contributed by atoms with Crippen LogP contribution in [0.5, 0.6) is 5.75 Å². The van der Waals surface area contributed by atoms with E-state index in [1.54, 1.807) is 0 Å². The molecule has 108 valence electrons. The van der Waals surface area contributed by atoms with Crippen molar-refractivity contribution in [2.45, 2.75) is 0 Å². The lowest BCUT2D eigenvalue weighted by atomic mass is 10.1. The fraction of sp³-hybridized carbons (Fsp3) is 0. The highest BCUT2D eigenvalue weighted by Crippen LogP contribution is 2.24. The topological polar surface area (TPSA) is 86.6 Å². The van der Waals surface area contributed by atoms with Crippen LogP contribution < -0.4 is 5.32 Å². The van der Waals surface area contributed by atoms with Crippen LogP contribution in [0.1, 0.15) is 20.7 Å². The molecule has 7 heteroatoms. The van der Waals surface area contributed by atoms with Crippen molar-refractivity contribution in [3.63, 3.8) is 0 Å². The summed E-state index contributed by atoms with van der Waals surface area (Å²) in [7, 11) is 0. The smallest absolute Gasteiger partial charge is 0.339 e. The molecule has 3 N–H and O–H groups in total. The Balaban J connectivity index is 2.23. The lowest BCUT2D eigenvalue weighted by Crippen LogP contribution is -2.12. The van der Waals surface area contributed by atoms with Crippen molar-refractivity contribution >= 4 is 40.8 Å². The van der Waals surface area contributed by atoms with Gasteiger partial charge in [-0.2, -0.15) is 0 Å². The largest absolute Gasteiger partial charge is 0.507 e. The SMILES string of the molecule is O=C(Nc1ccc(C(=O)O)c(O)c1)c1cc(Cl)cc(Cl)c1. The number of carbonyl (C=O) groups is 2. The molecule has 0 unspecified atom stereocenters. The molecular weight excluding hydrogens is 317 g/mol. The minimum Gasteiger partial charge on any atom is -0.507 e. The summed E-state index contributed by atoms with van der Waals surface area (Å²) in [4.78, 5) is 22.8. The number of amides is 1. The van der Waals surface area contributed by atoms with Gasteiger partial charge in [0.25, 0.3) is 5.91 Å². The molecule has 0 bridgehead atoms. The Morgan fingerprint density at radius 2 is 1.62 bits per heavy atom. The normalized spacial score (nSPS) is 10.2. The number of anilines is 1. The van der Waals surface area contributed by atoms with E-state index < -0.39 is 17.6 Å². The lowest BCUT2D eigenvalue weighted by molar-refractivity contribution is 0.0693. The van der Waals surface area contributed by atoms with E-state index in [1.807, 2.05) is 0 Å². The van der Waals surface area contributed by atoms with Crippen molar-refractivity contribution < 1.29 is 19.8 Å². The zero-order chi connectivity index (χ0) is 15.6. The zero-order valence-corrected chi connectivity index (χ0v) is 11.9. The van der Waals surface area contributed by atoms with Gasteiger partial charge >= 0.3 is 5.97 Å². The molecule has 2 rings (SSSR count). The Morgan fingerprint density at radius 1 is 1.00 bits per heavy atom. The number of aromatic hydroxyl groups is 1. The number of hydrogen-bond donors (Lipinski definition) is 3. The van der Waals surface area contributed by atoms with Gasteiger partial charge in [0, 0.05) is 27.4 Å². The van der Waals surface area contributed by atoms with Crippen molar-refractivity contribution in [3.8, 4) is 5.75 Å². The maximum absolute atomic E-state index is 12.0. The van der Waals surface area contributed by atoms with Crippen LogP contribution in [0.3, 0.4) is 0 Å². The first-order valence-corrected chi connectivity index (χ1v) is 6.46. The monoisotopic (exact) mass is 325 g/mol. The summed E-state index contributed by atoms with van der Waals surface area (Å²) in [5, 5.41) is 21.5. The summed E-state index contributed by atoms with van der Waals surface area (Å²) in [6.45, 7) is 0. The van der Waals surface area contributed by atoms with Crippen LogP contribution in [-0.2, 0) is 0 Å². The van der Waals surface area contributed by atoms with Crippen LogP contribution in [0, 0.1) is 0 Å². The second-order valence-electron chi connectivity index (χ2n) is 4.15. The predicted octanol–water partition coefficient (Wildman–Crippen LogP) is 3.65. The molecule has 0 aromatic heterocycles. The third kappa shape index (κ3) is 3.65. The average Bonchev–Trinajstić information content (AvgIpc) is 2.37. The maximum atomic E-state index is 12.0. The van der Waals surface area contributed by atoms with Gasteiger partial charge in [-0.15, -0.1) is 0 Å². The molecule has 2 aromatic rings. The van der Waals surface area contributed by atoms with Crippen molar-refractivity contribution in [1.29, 1.82) is 0 Å². The van der Waals surface area contributed by atoms with E-state index in [0.29, 0.717) is 10.0 Å². The molecule has 0 radical (unpaired) electrons. The number of carboxylic acids is 1. The Morgan fingerprint density at radius 3 is 2.14 bits per heavy atom. The number of phenols is 1. The summed E-state index contributed by atoms with van der Waals surface area (Å²) in [5.74, 6) is -2.18.